The van der Waals surface area contributed by atoms with Gasteiger partial charge in [-0.2, -0.15) is 0 Å². The smallest absolute Gasteiger partial charge is 0.137 e. The first-order chi connectivity index (χ1) is 10.1. The molecule has 1 aromatic heterocycles. The van der Waals surface area contributed by atoms with Crippen LogP contribution in [0.1, 0.15) is 46.2 Å². The summed E-state index contributed by atoms with van der Waals surface area (Å²) in [4.78, 5) is 2.74. The lowest BCUT2D eigenvalue weighted by molar-refractivity contribution is 0.614. The van der Waals surface area contributed by atoms with Gasteiger partial charge in [0, 0.05) is 15.8 Å². The van der Waals surface area contributed by atoms with Crippen molar-refractivity contribution in [2.75, 3.05) is 0 Å². The zero-order valence-electron chi connectivity index (χ0n) is 11.9. The third-order valence-corrected chi connectivity index (χ3v) is 6.36. The molecule has 0 saturated heterocycles. The summed E-state index contributed by atoms with van der Waals surface area (Å²) in [6.45, 7) is 0. The summed E-state index contributed by atoms with van der Waals surface area (Å²) in [5.74, 6) is -0.221. The van der Waals surface area contributed by atoms with Gasteiger partial charge in [-0.15, -0.1) is 11.3 Å². The Morgan fingerprint density at radius 3 is 2.90 bits per heavy atom. The van der Waals surface area contributed by atoms with Gasteiger partial charge in [0.2, 0.25) is 0 Å². The maximum atomic E-state index is 13.6. The highest BCUT2D eigenvalue weighted by molar-refractivity contribution is 9.10. The fraction of sp³-hybridized carbons (Fsp3) is 0.412. The molecular weight excluding hydrogens is 349 g/mol. The zero-order chi connectivity index (χ0) is 14.8. The highest BCUT2D eigenvalue weighted by Gasteiger charge is 2.17. The molecule has 0 spiro atoms. The number of aryl methyl sites for hydroxylation is 2. The van der Waals surface area contributed by atoms with Crippen molar-refractivity contribution in [2.24, 2.45) is 5.73 Å². The Balaban J connectivity index is 1.79. The number of halogens is 2. The number of benzene rings is 1. The van der Waals surface area contributed by atoms with E-state index in [0.29, 0.717) is 10.9 Å². The summed E-state index contributed by atoms with van der Waals surface area (Å²) in [7, 11) is 0. The number of nitrogens with two attached hydrogens (primary N) is 1. The van der Waals surface area contributed by atoms with Gasteiger partial charge in [-0.25, -0.2) is 4.39 Å². The minimum Gasteiger partial charge on any atom is -0.323 e. The van der Waals surface area contributed by atoms with E-state index in [1.807, 2.05) is 17.4 Å². The molecule has 1 aliphatic rings. The van der Waals surface area contributed by atoms with Gasteiger partial charge in [0.15, 0.2) is 0 Å². The average Bonchev–Trinajstić information content (AvgIpc) is 2.75. The largest absolute Gasteiger partial charge is 0.323 e. The SMILES string of the molecule is NC(Cc1cccc(F)c1Br)c1cc2c(s1)CCCCC2. The average molecular weight is 368 g/mol. The van der Waals surface area contributed by atoms with Gasteiger partial charge < -0.3 is 5.73 Å². The van der Waals surface area contributed by atoms with Gasteiger partial charge >= 0.3 is 0 Å². The second-order valence-corrected chi connectivity index (χ2v) is 7.64. The second kappa shape index (κ2) is 6.59. The van der Waals surface area contributed by atoms with Crippen LogP contribution in [0.25, 0.3) is 0 Å². The molecule has 2 aromatic rings. The Morgan fingerprint density at radius 2 is 2.05 bits per heavy atom. The van der Waals surface area contributed by atoms with Crippen LogP contribution in [-0.4, -0.2) is 0 Å². The molecule has 0 radical (unpaired) electrons. The molecule has 0 fully saturated rings. The third kappa shape index (κ3) is 3.38. The number of hydrogen-bond donors (Lipinski definition) is 1. The highest BCUT2D eigenvalue weighted by atomic mass is 79.9. The molecule has 0 saturated carbocycles. The Labute approximate surface area is 137 Å². The van der Waals surface area contributed by atoms with Crippen LogP contribution < -0.4 is 5.73 Å². The van der Waals surface area contributed by atoms with Gasteiger partial charge in [0.1, 0.15) is 5.82 Å². The van der Waals surface area contributed by atoms with E-state index < -0.39 is 0 Å². The van der Waals surface area contributed by atoms with Gasteiger partial charge in [0.05, 0.1) is 4.47 Å². The monoisotopic (exact) mass is 367 g/mol. The molecule has 1 nitrogen and oxygen atoms in total. The van der Waals surface area contributed by atoms with Crippen LogP contribution >= 0.6 is 27.3 Å². The lowest BCUT2D eigenvalue weighted by Gasteiger charge is -2.11. The van der Waals surface area contributed by atoms with Crippen molar-refractivity contribution in [3.8, 4) is 0 Å². The summed E-state index contributed by atoms with van der Waals surface area (Å²) in [6.07, 6.45) is 6.95. The summed E-state index contributed by atoms with van der Waals surface area (Å²) in [6, 6.07) is 7.37. The summed E-state index contributed by atoms with van der Waals surface area (Å²) >= 11 is 5.17. The number of fused-ring (bicyclic) bond motifs is 1. The molecule has 1 aromatic carbocycles. The molecule has 0 bridgehead atoms. The second-order valence-electron chi connectivity index (χ2n) is 5.68. The predicted octanol–water partition coefficient (Wildman–Crippen LogP) is 5.16. The molecule has 112 valence electrons. The molecule has 1 atom stereocenters. The van der Waals surface area contributed by atoms with Crippen molar-refractivity contribution in [2.45, 2.75) is 44.6 Å². The predicted molar refractivity (Wildman–Crippen MR) is 90.3 cm³/mol. The Bertz CT molecular complexity index is 614. The van der Waals surface area contributed by atoms with Gasteiger partial charge in [-0.3, -0.25) is 0 Å². The topological polar surface area (TPSA) is 26.0 Å². The van der Waals surface area contributed by atoms with E-state index in [1.165, 1.54) is 53.5 Å². The molecule has 1 unspecified atom stereocenters. The summed E-state index contributed by atoms with van der Waals surface area (Å²) in [5, 5.41) is 0. The van der Waals surface area contributed by atoms with Gasteiger partial charge in [-0.1, -0.05) is 18.6 Å². The molecule has 2 N–H and O–H groups in total. The quantitative estimate of drug-likeness (QED) is 0.744. The summed E-state index contributed by atoms with van der Waals surface area (Å²) in [5.41, 5.74) is 8.79. The minimum atomic E-state index is -0.221. The zero-order valence-corrected chi connectivity index (χ0v) is 14.3. The Morgan fingerprint density at radius 1 is 1.24 bits per heavy atom. The van der Waals surface area contributed by atoms with E-state index in [2.05, 4.69) is 22.0 Å². The Hall–Kier alpha value is -0.710. The van der Waals surface area contributed by atoms with Crippen molar-refractivity contribution in [3.63, 3.8) is 0 Å². The van der Waals surface area contributed by atoms with E-state index in [9.17, 15) is 4.39 Å². The van der Waals surface area contributed by atoms with Crippen LogP contribution in [0.2, 0.25) is 0 Å². The van der Waals surface area contributed by atoms with E-state index in [-0.39, 0.29) is 11.9 Å². The fourth-order valence-corrected chi connectivity index (χ4v) is 4.60. The van der Waals surface area contributed by atoms with E-state index in [0.717, 1.165) is 5.56 Å². The molecule has 4 heteroatoms. The van der Waals surface area contributed by atoms with E-state index in [4.69, 9.17) is 5.73 Å². The highest BCUT2D eigenvalue weighted by Crippen LogP contribution is 2.33. The molecule has 0 amide bonds. The van der Waals surface area contributed by atoms with Crippen LogP contribution in [0.4, 0.5) is 4.39 Å². The van der Waals surface area contributed by atoms with Crippen molar-refractivity contribution in [1.29, 1.82) is 0 Å². The van der Waals surface area contributed by atoms with E-state index >= 15 is 0 Å². The van der Waals surface area contributed by atoms with Crippen LogP contribution in [-0.2, 0) is 19.3 Å². The van der Waals surface area contributed by atoms with Crippen LogP contribution in [0.5, 0.6) is 0 Å². The third-order valence-electron chi connectivity index (χ3n) is 4.10. The number of hydrogen-bond acceptors (Lipinski definition) is 2. The van der Waals surface area contributed by atoms with Crippen molar-refractivity contribution in [3.05, 3.63) is 55.4 Å². The standard InChI is InChI=1S/C17H19BrFNS/c18-17-12(6-4-7-13(17)19)9-14(20)16-10-11-5-2-1-3-8-15(11)21-16/h4,6-7,10,14H,1-3,5,8-9,20H2. The molecule has 0 aliphatic heterocycles. The molecule has 21 heavy (non-hydrogen) atoms. The van der Waals surface area contributed by atoms with Crippen molar-refractivity contribution >= 4 is 27.3 Å². The van der Waals surface area contributed by atoms with Crippen LogP contribution in [0.3, 0.4) is 0 Å². The van der Waals surface area contributed by atoms with Crippen LogP contribution in [0, 0.1) is 5.82 Å². The minimum absolute atomic E-state index is 0.0555. The maximum absolute atomic E-state index is 13.6. The van der Waals surface area contributed by atoms with Crippen molar-refractivity contribution in [1.82, 2.24) is 0 Å². The number of rotatable bonds is 3. The lowest BCUT2D eigenvalue weighted by atomic mass is 10.0. The molecule has 3 rings (SSSR count). The van der Waals surface area contributed by atoms with Gasteiger partial charge in [0.25, 0.3) is 0 Å². The fourth-order valence-electron chi connectivity index (χ4n) is 2.92. The normalized spacial score (nSPS) is 16.3. The number of thiophene rings is 1. The van der Waals surface area contributed by atoms with Crippen molar-refractivity contribution < 1.29 is 4.39 Å². The lowest BCUT2D eigenvalue weighted by Crippen LogP contribution is -2.12. The summed E-state index contributed by atoms with van der Waals surface area (Å²) < 4.78 is 14.1. The van der Waals surface area contributed by atoms with E-state index in [1.54, 1.807) is 6.07 Å². The first-order valence-electron chi connectivity index (χ1n) is 7.45. The van der Waals surface area contributed by atoms with Gasteiger partial charge in [-0.05, 0) is 71.3 Å². The molecule has 1 aliphatic carbocycles. The first kappa shape index (κ1) is 15.2. The first-order valence-corrected chi connectivity index (χ1v) is 9.06. The van der Waals surface area contributed by atoms with Crippen LogP contribution in [0.15, 0.2) is 28.7 Å². The molecule has 1 heterocycles. The maximum Gasteiger partial charge on any atom is 0.137 e. The Kier molecular flexibility index (Phi) is 4.77. The molecular formula is C17H19BrFNS.